The van der Waals surface area contributed by atoms with Gasteiger partial charge in [-0.05, 0) is 47.4 Å². The molecule has 2 aromatic rings. The number of nitrogens with zero attached hydrogens (tertiary/aromatic N) is 1. The summed E-state index contributed by atoms with van der Waals surface area (Å²) in [6.07, 6.45) is 2.10. The molecule has 0 radical (unpaired) electrons. The molecule has 1 saturated carbocycles. The molecule has 0 saturated heterocycles. The number of nitrogen functional groups attached to an aromatic ring is 1. The van der Waals surface area contributed by atoms with Crippen LogP contribution in [-0.2, 0) is 6.54 Å². The number of thiophene rings is 1. The van der Waals surface area contributed by atoms with Crippen molar-refractivity contribution in [1.29, 1.82) is 0 Å². The molecular formula is C15H14Cl2N2OS. The fourth-order valence-electron chi connectivity index (χ4n) is 2.23. The number of amides is 1. The molecule has 21 heavy (non-hydrogen) atoms. The number of anilines is 1. The second-order valence-corrected chi connectivity index (χ2v) is 6.72. The van der Waals surface area contributed by atoms with E-state index >= 15 is 0 Å². The van der Waals surface area contributed by atoms with E-state index in [0.717, 1.165) is 18.4 Å². The second kappa shape index (κ2) is 5.87. The van der Waals surface area contributed by atoms with Gasteiger partial charge in [0, 0.05) is 18.2 Å². The molecule has 0 aliphatic heterocycles. The molecule has 1 aliphatic carbocycles. The summed E-state index contributed by atoms with van der Waals surface area (Å²) < 4.78 is 0. The van der Waals surface area contributed by atoms with E-state index < -0.39 is 0 Å². The van der Waals surface area contributed by atoms with Gasteiger partial charge in [-0.25, -0.2) is 0 Å². The summed E-state index contributed by atoms with van der Waals surface area (Å²) in [4.78, 5) is 14.6. The Morgan fingerprint density at radius 3 is 2.71 bits per heavy atom. The van der Waals surface area contributed by atoms with Crippen LogP contribution in [0.4, 0.5) is 5.69 Å². The first-order valence-electron chi connectivity index (χ1n) is 6.63. The third kappa shape index (κ3) is 3.18. The van der Waals surface area contributed by atoms with Gasteiger partial charge in [0.1, 0.15) is 0 Å². The molecule has 1 amide bonds. The van der Waals surface area contributed by atoms with Crippen molar-refractivity contribution in [2.75, 3.05) is 5.73 Å². The Kier molecular flexibility index (Phi) is 4.11. The number of carbonyl (C=O) groups is 1. The molecule has 3 nitrogen and oxygen atoms in total. The molecule has 1 aromatic carbocycles. The van der Waals surface area contributed by atoms with Crippen LogP contribution in [0.1, 0.15) is 28.8 Å². The Morgan fingerprint density at radius 1 is 1.38 bits per heavy atom. The summed E-state index contributed by atoms with van der Waals surface area (Å²) in [6, 6.07) is 5.54. The van der Waals surface area contributed by atoms with E-state index in [2.05, 4.69) is 5.38 Å². The molecule has 0 bridgehead atoms. The van der Waals surface area contributed by atoms with E-state index in [9.17, 15) is 4.79 Å². The van der Waals surface area contributed by atoms with Gasteiger partial charge in [-0.2, -0.15) is 11.3 Å². The van der Waals surface area contributed by atoms with Crippen molar-refractivity contribution in [3.05, 3.63) is 50.1 Å². The Labute approximate surface area is 137 Å². The molecule has 110 valence electrons. The first-order chi connectivity index (χ1) is 10.1. The van der Waals surface area contributed by atoms with Crippen molar-refractivity contribution in [1.82, 2.24) is 4.90 Å². The van der Waals surface area contributed by atoms with Gasteiger partial charge in [-0.1, -0.05) is 23.2 Å². The summed E-state index contributed by atoms with van der Waals surface area (Å²) in [5, 5.41) is 4.68. The van der Waals surface area contributed by atoms with Crippen LogP contribution in [0.2, 0.25) is 10.0 Å². The first kappa shape index (κ1) is 14.7. The molecule has 6 heteroatoms. The average molecular weight is 341 g/mol. The Bertz CT molecular complexity index is 645. The lowest BCUT2D eigenvalue weighted by Gasteiger charge is -2.22. The van der Waals surface area contributed by atoms with Gasteiger partial charge in [0.25, 0.3) is 5.91 Å². The van der Waals surface area contributed by atoms with Gasteiger partial charge in [0.2, 0.25) is 0 Å². The summed E-state index contributed by atoms with van der Waals surface area (Å²) >= 11 is 13.6. The first-order valence-corrected chi connectivity index (χ1v) is 8.32. The zero-order valence-corrected chi connectivity index (χ0v) is 13.5. The highest BCUT2D eigenvalue weighted by Gasteiger charge is 2.33. The maximum Gasteiger partial charge on any atom is 0.254 e. The largest absolute Gasteiger partial charge is 0.397 e. The quantitative estimate of drug-likeness (QED) is 0.836. The number of carbonyl (C=O) groups excluding carboxylic acids is 1. The van der Waals surface area contributed by atoms with Crippen molar-refractivity contribution >= 4 is 46.1 Å². The average Bonchev–Trinajstić information content (AvgIpc) is 3.17. The fourth-order valence-corrected chi connectivity index (χ4v) is 3.23. The SMILES string of the molecule is Nc1cc(C(=O)N(Cc2ccsc2)C2CC2)cc(Cl)c1Cl. The van der Waals surface area contributed by atoms with Crippen LogP contribution in [0.15, 0.2) is 29.0 Å². The monoisotopic (exact) mass is 340 g/mol. The van der Waals surface area contributed by atoms with E-state index in [4.69, 9.17) is 28.9 Å². The van der Waals surface area contributed by atoms with Crippen molar-refractivity contribution in [2.45, 2.75) is 25.4 Å². The predicted octanol–water partition coefficient (Wildman–Crippen LogP) is 4.44. The highest BCUT2D eigenvalue weighted by molar-refractivity contribution is 7.07. The van der Waals surface area contributed by atoms with E-state index in [1.165, 1.54) is 0 Å². The Hall–Kier alpha value is -1.23. The topological polar surface area (TPSA) is 46.3 Å². The number of hydrogen-bond acceptors (Lipinski definition) is 3. The van der Waals surface area contributed by atoms with Crippen LogP contribution in [0.3, 0.4) is 0 Å². The standard InChI is InChI=1S/C15H14Cl2N2OS/c16-12-5-10(6-13(18)14(12)17)15(20)19(11-1-2-11)7-9-3-4-21-8-9/h3-6,8,11H,1-2,7,18H2. The summed E-state index contributed by atoms with van der Waals surface area (Å²) in [5.74, 6) is -0.0473. The lowest BCUT2D eigenvalue weighted by Crippen LogP contribution is -2.32. The number of hydrogen-bond donors (Lipinski definition) is 1. The molecule has 1 heterocycles. The van der Waals surface area contributed by atoms with Gasteiger partial charge in [-0.15, -0.1) is 0 Å². The van der Waals surface area contributed by atoms with Crippen LogP contribution < -0.4 is 5.73 Å². The lowest BCUT2D eigenvalue weighted by molar-refractivity contribution is 0.0730. The smallest absolute Gasteiger partial charge is 0.254 e. The molecule has 1 fully saturated rings. The minimum absolute atomic E-state index is 0.0473. The van der Waals surface area contributed by atoms with E-state index in [-0.39, 0.29) is 5.91 Å². The maximum absolute atomic E-state index is 12.7. The second-order valence-electron chi connectivity index (χ2n) is 5.16. The molecular weight excluding hydrogens is 327 g/mol. The minimum atomic E-state index is -0.0473. The Balaban J connectivity index is 1.87. The van der Waals surface area contributed by atoms with Crippen molar-refractivity contribution in [3.63, 3.8) is 0 Å². The maximum atomic E-state index is 12.7. The van der Waals surface area contributed by atoms with Crippen LogP contribution in [0.5, 0.6) is 0 Å². The van der Waals surface area contributed by atoms with Crippen LogP contribution in [-0.4, -0.2) is 16.8 Å². The zero-order chi connectivity index (χ0) is 15.0. The van der Waals surface area contributed by atoms with Crippen molar-refractivity contribution in [2.24, 2.45) is 0 Å². The van der Waals surface area contributed by atoms with Gasteiger partial charge >= 0.3 is 0 Å². The highest BCUT2D eigenvalue weighted by Crippen LogP contribution is 2.33. The molecule has 3 rings (SSSR count). The Morgan fingerprint density at radius 2 is 2.14 bits per heavy atom. The summed E-state index contributed by atoms with van der Waals surface area (Å²) in [6.45, 7) is 0.618. The molecule has 0 unspecified atom stereocenters. The fraction of sp³-hybridized carbons (Fsp3) is 0.267. The molecule has 0 atom stereocenters. The number of benzene rings is 1. The third-order valence-electron chi connectivity index (χ3n) is 3.48. The van der Waals surface area contributed by atoms with E-state index in [1.54, 1.807) is 23.5 Å². The number of rotatable bonds is 4. The third-order valence-corrected chi connectivity index (χ3v) is 5.03. The minimum Gasteiger partial charge on any atom is -0.397 e. The molecule has 1 aliphatic rings. The molecule has 0 spiro atoms. The lowest BCUT2D eigenvalue weighted by atomic mass is 10.1. The van der Waals surface area contributed by atoms with Gasteiger partial charge < -0.3 is 10.6 Å². The number of nitrogens with two attached hydrogens (primary N) is 1. The summed E-state index contributed by atoms with van der Waals surface area (Å²) in [7, 11) is 0. The molecule has 1 aromatic heterocycles. The highest BCUT2D eigenvalue weighted by atomic mass is 35.5. The van der Waals surface area contributed by atoms with Crippen molar-refractivity contribution in [3.8, 4) is 0 Å². The van der Waals surface area contributed by atoms with E-state index in [0.29, 0.717) is 33.9 Å². The zero-order valence-electron chi connectivity index (χ0n) is 11.2. The van der Waals surface area contributed by atoms with Gasteiger partial charge in [0.15, 0.2) is 0 Å². The van der Waals surface area contributed by atoms with Gasteiger partial charge in [-0.3, -0.25) is 4.79 Å². The van der Waals surface area contributed by atoms with E-state index in [1.807, 2.05) is 16.3 Å². The van der Waals surface area contributed by atoms with Crippen LogP contribution >= 0.6 is 34.5 Å². The molecule has 2 N–H and O–H groups in total. The number of halogens is 2. The van der Waals surface area contributed by atoms with Crippen LogP contribution in [0, 0.1) is 0 Å². The van der Waals surface area contributed by atoms with Gasteiger partial charge in [0.05, 0.1) is 15.7 Å². The predicted molar refractivity (Wildman–Crippen MR) is 88.1 cm³/mol. The summed E-state index contributed by atoms with van der Waals surface area (Å²) in [5.41, 5.74) is 7.77. The van der Waals surface area contributed by atoms with Crippen molar-refractivity contribution < 1.29 is 4.79 Å². The normalized spacial score (nSPS) is 14.2. The van der Waals surface area contributed by atoms with Crippen LogP contribution in [0.25, 0.3) is 0 Å².